The molecular weight excluding hydrogens is 266 g/mol. The summed E-state index contributed by atoms with van der Waals surface area (Å²) >= 11 is 0. The standard InChI is InChI=1S/C14H16F2N2O2/c1-2-4-11-14(20)17-7-12(19)18(11)8-9-5-3-6-10(15)13(9)16/h3,5-6,11H,2,4,7-8H2,1H3,(H,17,20). The van der Waals surface area contributed by atoms with E-state index in [1.807, 2.05) is 6.92 Å². The Hall–Kier alpha value is -1.98. The predicted molar refractivity (Wildman–Crippen MR) is 68.6 cm³/mol. The van der Waals surface area contributed by atoms with Gasteiger partial charge in [-0.25, -0.2) is 8.78 Å². The van der Waals surface area contributed by atoms with E-state index < -0.39 is 17.7 Å². The second kappa shape index (κ2) is 5.98. The SMILES string of the molecule is CCCC1C(=O)NCC(=O)N1Cc1cccc(F)c1F. The van der Waals surface area contributed by atoms with Crippen molar-refractivity contribution in [2.45, 2.75) is 32.4 Å². The molecule has 0 spiro atoms. The van der Waals surface area contributed by atoms with Gasteiger partial charge in [-0.1, -0.05) is 25.5 Å². The van der Waals surface area contributed by atoms with Crippen molar-refractivity contribution in [3.63, 3.8) is 0 Å². The van der Waals surface area contributed by atoms with Gasteiger partial charge in [0, 0.05) is 12.1 Å². The van der Waals surface area contributed by atoms with Crippen LogP contribution < -0.4 is 5.32 Å². The minimum absolute atomic E-state index is 0.0779. The maximum atomic E-state index is 13.7. The van der Waals surface area contributed by atoms with Gasteiger partial charge < -0.3 is 10.2 Å². The van der Waals surface area contributed by atoms with E-state index in [2.05, 4.69) is 5.32 Å². The fraction of sp³-hybridized carbons (Fsp3) is 0.429. The summed E-state index contributed by atoms with van der Waals surface area (Å²) in [6.45, 7) is 1.70. The van der Waals surface area contributed by atoms with Crippen LogP contribution in [0.25, 0.3) is 0 Å². The van der Waals surface area contributed by atoms with Crippen LogP contribution in [0.1, 0.15) is 25.3 Å². The molecule has 1 heterocycles. The van der Waals surface area contributed by atoms with Gasteiger partial charge in [-0.15, -0.1) is 0 Å². The fourth-order valence-electron chi connectivity index (χ4n) is 2.31. The van der Waals surface area contributed by atoms with Gasteiger partial charge in [0.25, 0.3) is 0 Å². The highest BCUT2D eigenvalue weighted by Gasteiger charge is 2.34. The molecule has 2 amide bonds. The molecule has 1 aliphatic heterocycles. The highest BCUT2D eigenvalue weighted by Crippen LogP contribution is 2.19. The van der Waals surface area contributed by atoms with E-state index in [4.69, 9.17) is 0 Å². The maximum absolute atomic E-state index is 13.7. The van der Waals surface area contributed by atoms with E-state index in [1.165, 1.54) is 17.0 Å². The summed E-state index contributed by atoms with van der Waals surface area (Å²) in [6.07, 6.45) is 1.21. The average Bonchev–Trinajstić information content (AvgIpc) is 2.43. The number of hydrogen-bond donors (Lipinski definition) is 1. The van der Waals surface area contributed by atoms with Crippen molar-refractivity contribution in [3.8, 4) is 0 Å². The second-order valence-corrected chi connectivity index (χ2v) is 4.76. The molecule has 20 heavy (non-hydrogen) atoms. The number of nitrogens with zero attached hydrogens (tertiary/aromatic N) is 1. The zero-order valence-electron chi connectivity index (χ0n) is 11.2. The number of rotatable bonds is 4. The Morgan fingerprint density at radius 2 is 2.10 bits per heavy atom. The van der Waals surface area contributed by atoms with E-state index >= 15 is 0 Å². The van der Waals surface area contributed by atoms with Crippen LogP contribution in [0, 0.1) is 11.6 Å². The lowest BCUT2D eigenvalue weighted by atomic mass is 10.0. The van der Waals surface area contributed by atoms with Crippen LogP contribution in [0.4, 0.5) is 8.78 Å². The van der Waals surface area contributed by atoms with Crippen molar-refractivity contribution in [2.75, 3.05) is 6.54 Å². The number of piperazine rings is 1. The topological polar surface area (TPSA) is 49.4 Å². The van der Waals surface area contributed by atoms with Crippen molar-refractivity contribution in [1.82, 2.24) is 10.2 Å². The van der Waals surface area contributed by atoms with Crippen LogP contribution in [-0.2, 0) is 16.1 Å². The molecule has 1 atom stereocenters. The molecule has 0 aliphatic carbocycles. The van der Waals surface area contributed by atoms with Gasteiger partial charge in [-0.05, 0) is 12.5 Å². The van der Waals surface area contributed by atoms with Gasteiger partial charge in [-0.2, -0.15) is 0 Å². The highest BCUT2D eigenvalue weighted by atomic mass is 19.2. The summed E-state index contributed by atoms with van der Waals surface area (Å²) in [4.78, 5) is 25.0. The second-order valence-electron chi connectivity index (χ2n) is 4.76. The molecule has 0 bridgehead atoms. The number of nitrogens with one attached hydrogen (secondary N) is 1. The third kappa shape index (κ3) is 2.79. The molecule has 2 rings (SSSR count). The molecule has 1 aromatic rings. The first-order valence-electron chi connectivity index (χ1n) is 6.54. The molecule has 0 aromatic heterocycles. The zero-order chi connectivity index (χ0) is 14.7. The normalized spacial score (nSPS) is 19.1. The maximum Gasteiger partial charge on any atom is 0.243 e. The van der Waals surface area contributed by atoms with E-state index in [9.17, 15) is 18.4 Å². The molecule has 1 aromatic carbocycles. The number of hydrogen-bond acceptors (Lipinski definition) is 2. The molecule has 1 aliphatic rings. The van der Waals surface area contributed by atoms with Crippen LogP contribution in [0.5, 0.6) is 0 Å². The van der Waals surface area contributed by atoms with Gasteiger partial charge >= 0.3 is 0 Å². The summed E-state index contributed by atoms with van der Waals surface area (Å²) in [7, 11) is 0. The molecule has 0 radical (unpaired) electrons. The van der Waals surface area contributed by atoms with Crippen LogP contribution in [-0.4, -0.2) is 29.3 Å². The lowest BCUT2D eigenvalue weighted by Crippen LogP contribution is -2.57. The molecule has 1 unspecified atom stereocenters. The molecular formula is C14H16F2N2O2. The first-order valence-corrected chi connectivity index (χ1v) is 6.54. The van der Waals surface area contributed by atoms with Crippen LogP contribution in [0.15, 0.2) is 18.2 Å². The Morgan fingerprint density at radius 3 is 2.80 bits per heavy atom. The van der Waals surface area contributed by atoms with Crippen molar-refractivity contribution in [3.05, 3.63) is 35.4 Å². The van der Waals surface area contributed by atoms with E-state index in [1.54, 1.807) is 0 Å². The van der Waals surface area contributed by atoms with Gasteiger partial charge in [0.15, 0.2) is 11.6 Å². The number of carbonyl (C=O) groups excluding carboxylic acids is 2. The number of halogens is 2. The molecule has 108 valence electrons. The van der Waals surface area contributed by atoms with Crippen molar-refractivity contribution in [2.24, 2.45) is 0 Å². The average molecular weight is 282 g/mol. The molecule has 6 heteroatoms. The number of benzene rings is 1. The first kappa shape index (κ1) is 14.4. The summed E-state index contributed by atoms with van der Waals surface area (Å²) in [5.74, 6) is -2.46. The minimum atomic E-state index is -0.971. The first-order chi connectivity index (χ1) is 9.54. The highest BCUT2D eigenvalue weighted by molar-refractivity contribution is 5.94. The summed E-state index contributed by atoms with van der Waals surface area (Å²) in [5, 5.41) is 2.51. The molecule has 1 N–H and O–H groups in total. The van der Waals surface area contributed by atoms with Gasteiger partial charge in [0.1, 0.15) is 6.04 Å². The Kier molecular flexibility index (Phi) is 4.32. The zero-order valence-corrected chi connectivity index (χ0v) is 11.2. The molecule has 0 saturated carbocycles. The third-order valence-corrected chi connectivity index (χ3v) is 3.35. The summed E-state index contributed by atoms with van der Waals surface area (Å²) < 4.78 is 26.9. The van der Waals surface area contributed by atoms with E-state index in [-0.39, 0.29) is 30.5 Å². The van der Waals surface area contributed by atoms with E-state index in [0.717, 1.165) is 6.07 Å². The lowest BCUT2D eigenvalue weighted by Gasteiger charge is -2.35. The molecule has 1 fully saturated rings. The Balaban J connectivity index is 2.25. The Labute approximate surface area is 115 Å². The van der Waals surface area contributed by atoms with Gasteiger partial charge in [-0.3, -0.25) is 9.59 Å². The minimum Gasteiger partial charge on any atom is -0.345 e. The summed E-state index contributed by atoms with van der Waals surface area (Å²) in [5.41, 5.74) is 0.0779. The summed E-state index contributed by atoms with van der Waals surface area (Å²) in [6, 6.07) is 3.20. The Bertz CT molecular complexity index is 534. The van der Waals surface area contributed by atoms with Crippen molar-refractivity contribution in [1.29, 1.82) is 0 Å². The molecule has 4 nitrogen and oxygen atoms in total. The van der Waals surface area contributed by atoms with Crippen LogP contribution in [0.2, 0.25) is 0 Å². The fourth-order valence-corrected chi connectivity index (χ4v) is 2.31. The van der Waals surface area contributed by atoms with Gasteiger partial charge in [0.2, 0.25) is 11.8 Å². The van der Waals surface area contributed by atoms with E-state index in [0.29, 0.717) is 12.8 Å². The lowest BCUT2D eigenvalue weighted by molar-refractivity contribution is -0.146. The van der Waals surface area contributed by atoms with Crippen molar-refractivity contribution >= 4 is 11.8 Å². The largest absolute Gasteiger partial charge is 0.345 e. The van der Waals surface area contributed by atoms with Gasteiger partial charge in [0.05, 0.1) is 6.54 Å². The quantitative estimate of drug-likeness (QED) is 0.911. The monoisotopic (exact) mass is 282 g/mol. The number of amides is 2. The number of carbonyl (C=O) groups is 2. The third-order valence-electron chi connectivity index (χ3n) is 3.35. The van der Waals surface area contributed by atoms with Crippen LogP contribution in [0.3, 0.4) is 0 Å². The smallest absolute Gasteiger partial charge is 0.243 e. The van der Waals surface area contributed by atoms with Crippen molar-refractivity contribution < 1.29 is 18.4 Å². The Morgan fingerprint density at radius 1 is 1.35 bits per heavy atom. The predicted octanol–water partition coefficient (Wildman–Crippen LogP) is 1.59. The molecule has 1 saturated heterocycles. The van der Waals surface area contributed by atoms with Crippen LogP contribution >= 0.6 is 0 Å².